The van der Waals surface area contributed by atoms with E-state index in [9.17, 15) is 4.79 Å². The van der Waals surface area contributed by atoms with Gasteiger partial charge in [0.2, 0.25) is 5.91 Å². The number of aryl methyl sites for hydroxylation is 1. The van der Waals surface area contributed by atoms with Crippen LogP contribution in [0.4, 0.5) is 11.5 Å². The monoisotopic (exact) mass is 453 g/mol. The summed E-state index contributed by atoms with van der Waals surface area (Å²) in [5.41, 5.74) is 1.34. The number of anilines is 2. The van der Waals surface area contributed by atoms with Crippen molar-refractivity contribution in [3.63, 3.8) is 0 Å². The minimum Gasteiger partial charge on any atom is -0.354 e. The normalized spacial score (nSPS) is 15.1. The number of halogens is 3. The summed E-state index contributed by atoms with van der Waals surface area (Å²) >= 11 is 18.1. The van der Waals surface area contributed by atoms with Crippen LogP contribution in [0.2, 0.25) is 15.1 Å². The SMILES string of the molecule is Cc1cc(N2CCN(CC(=O)Nc3cc(Cl)c(Cl)cc3Cl)CC2)n2ncnc2n1. The molecule has 29 heavy (non-hydrogen) atoms. The van der Waals surface area contributed by atoms with Crippen LogP contribution in [0, 0.1) is 6.92 Å². The average molecular weight is 455 g/mol. The van der Waals surface area contributed by atoms with E-state index in [0.29, 0.717) is 26.5 Å². The quantitative estimate of drug-likeness (QED) is 0.610. The highest BCUT2D eigenvalue weighted by Crippen LogP contribution is 2.32. The lowest BCUT2D eigenvalue weighted by Crippen LogP contribution is -2.49. The Bertz CT molecular complexity index is 1060. The molecule has 2 aromatic heterocycles. The van der Waals surface area contributed by atoms with E-state index in [1.54, 1.807) is 10.6 Å². The summed E-state index contributed by atoms with van der Waals surface area (Å²) in [5.74, 6) is 1.38. The van der Waals surface area contributed by atoms with Gasteiger partial charge in [-0.25, -0.2) is 4.98 Å². The molecule has 8 nitrogen and oxygen atoms in total. The highest BCUT2D eigenvalue weighted by molar-refractivity contribution is 6.44. The second-order valence-electron chi connectivity index (χ2n) is 6.79. The van der Waals surface area contributed by atoms with Crippen LogP contribution in [0.5, 0.6) is 0 Å². The largest absolute Gasteiger partial charge is 0.354 e. The van der Waals surface area contributed by atoms with Crippen LogP contribution in [-0.2, 0) is 4.79 Å². The summed E-state index contributed by atoms with van der Waals surface area (Å²) in [4.78, 5) is 25.3. The van der Waals surface area contributed by atoms with E-state index < -0.39 is 0 Å². The number of hydrogen-bond donors (Lipinski definition) is 1. The number of carbonyl (C=O) groups is 1. The molecule has 1 fully saturated rings. The van der Waals surface area contributed by atoms with Crippen LogP contribution in [0.15, 0.2) is 24.5 Å². The van der Waals surface area contributed by atoms with Crippen molar-refractivity contribution >= 4 is 58.0 Å². The summed E-state index contributed by atoms with van der Waals surface area (Å²) < 4.78 is 1.74. The molecule has 0 bridgehead atoms. The van der Waals surface area contributed by atoms with Crippen LogP contribution in [0.3, 0.4) is 0 Å². The number of hydrogen-bond acceptors (Lipinski definition) is 6. The lowest BCUT2D eigenvalue weighted by Gasteiger charge is -2.35. The molecule has 3 aromatic rings. The van der Waals surface area contributed by atoms with E-state index >= 15 is 0 Å². The number of nitrogens with one attached hydrogen (secondary N) is 1. The number of fused-ring (bicyclic) bond motifs is 1. The summed E-state index contributed by atoms with van der Waals surface area (Å²) in [6.45, 7) is 5.20. The van der Waals surface area contributed by atoms with Crippen LogP contribution in [-0.4, -0.2) is 63.1 Å². The molecule has 1 aliphatic heterocycles. The molecule has 1 aromatic carbocycles. The van der Waals surface area contributed by atoms with Crippen LogP contribution in [0.1, 0.15) is 5.69 Å². The van der Waals surface area contributed by atoms with Crippen molar-refractivity contribution < 1.29 is 4.79 Å². The minimum atomic E-state index is -0.155. The molecule has 0 saturated carbocycles. The van der Waals surface area contributed by atoms with Gasteiger partial charge in [0.25, 0.3) is 5.78 Å². The molecule has 152 valence electrons. The van der Waals surface area contributed by atoms with Crippen molar-refractivity contribution in [2.24, 2.45) is 0 Å². The first-order valence-electron chi connectivity index (χ1n) is 9.00. The van der Waals surface area contributed by atoms with Crippen molar-refractivity contribution in [2.75, 3.05) is 42.9 Å². The van der Waals surface area contributed by atoms with Gasteiger partial charge in [-0.1, -0.05) is 34.8 Å². The molecule has 0 unspecified atom stereocenters. The van der Waals surface area contributed by atoms with Gasteiger partial charge < -0.3 is 10.2 Å². The van der Waals surface area contributed by atoms with Crippen molar-refractivity contribution in [3.05, 3.63) is 45.3 Å². The van der Waals surface area contributed by atoms with Gasteiger partial charge >= 0.3 is 0 Å². The van der Waals surface area contributed by atoms with E-state index in [1.165, 1.54) is 12.4 Å². The van der Waals surface area contributed by atoms with Gasteiger partial charge in [-0.15, -0.1) is 0 Å². The lowest BCUT2D eigenvalue weighted by atomic mass is 10.2. The van der Waals surface area contributed by atoms with E-state index in [0.717, 1.165) is 37.7 Å². The third kappa shape index (κ3) is 4.40. The number of nitrogens with zero attached hydrogens (tertiary/aromatic N) is 6. The zero-order valence-corrected chi connectivity index (χ0v) is 17.8. The first-order valence-corrected chi connectivity index (χ1v) is 10.1. The predicted octanol–water partition coefficient (Wildman–Crippen LogP) is 3.15. The molecular weight excluding hydrogens is 437 g/mol. The standard InChI is InChI=1S/C18H18Cl3N7O/c1-11-6-17(28-18(24-11)22-10-23-28)27-4-2-26(3-5-27)9-16(29)25-15-8-13(20)12(19)7-14(15)21/h6-8,10H,2-5,9H2,1H3,(H,25,29). The Balaban J connectivity index is 1.37. The van der Waals surface area contributed by atoms with Crippen molar-refractivity contribution in [2.45, 2.75) is 6.92 Å². The summed E-state index contributed by atoms with van der Waals surface area (Å²) in [7, 11) is 0. The molecule has 1 saturated heterocycles. The number of aromatic nitrogens is 4. The highest BCUT2D eigenvalue weighted by atomic mass is 35.5. The fourth-order valence-electron chi connectivity index (χ4n) is 3.28. The average Bonchev–Trinajstić information content (AvgIpc) is 3.14. The Morgan fingerprint density at radius 3 is 2.55 bits per heavy atom. The third-order valence-corrected chi connectivity index (χ3v) is 5.74. The van der Waals surface area contributed by atoms with Crippen LogP contribution in [0.25, 0.3) is 5.78 Å². The first kappa shape index (κ1) is 20.2. The van der Waals surface area contributed by atoms with Gasteiger partial charge in [-0.3, -0.25) is 9.69 Å². The van der Waals surface area contributed by atoms with Crippen molar-refractivity contribution in [3.8, 4) is 0 Å². The molecule has 3 heterocycles. The summed E-state index contributed by atoms with van der Waals surface area (Å²) in [6, 6.07) is 5.06. The third-order valence-electron chi connectivity index (χ3n) is 4.71. The van der Waals surface area contributed by atoms with Gasteiger partial charge in [0, 0.05) is 37.9 Å². The van der Waals surface area contributed by atoms with E-state index in [4.69, 9.17) is 34.8 Å². The maximum absolute atomic E-state index is 12.4. The van der Waals surface area contributed by atoms with Crippen LogP contribution < -0.4 is 10.2 Å². The topological polar surface area (TPSA) is 78.7 Å². The highest BCUT2D eigenvalue weighted by Gasteiger charge is 2.22. The second kappa shape index (κ2) is 8.31. The van der Waals surface area contributed by atoms with Gasteiger partial charge in [-0.2, -0.15) is 14.6 Å². The lowest BCUT2D eigenvalue weighted by molar-refractivity contribution is -0.117. The summed E-state index contributed by atoms with van der Waals surface area (Å²) in [6.07, 6.45) is 1.50. The molecule has 0 radical (unpaired) electrons. The number of piperazine rings is 1. The van der Waals surface area contributed by atoms with Gasteiger partial charge in [0.05, 0.1) is 27.3 Å². The fourth-order valence-corrected chi connectivity index (χ4v) is 3.88. The van der Waals surface area contributed by atoms with Crippen molar-refractivity contribution in [1.82, 2.24) is 24.5 Å². The van der Waals surface area contributed by atoms with E-state index in [2.05, 4.69) is 30.2 Å². The molecule has 0 aliphatic carbocycles. The summed E-state index contributed by atoms with van der Waals surface area (Å²) in [5, 5.41) is 8.09. The first-order chi connectivity index (χ1) is 13.9. The number of carbonyl (C=O) groups excluding carboxylic acids is 1. The zero-order chi connectivity index (χ0) is 20.5. The molecule has 0 atom stereocenters. The molecule has 1 aliphatic rings. The smallest absolute Gasteiger partial charge is 0.254 e. The van der Waals surface area contributed by atoms with E-state index in [-0.39, 0.29) is 12.5 Å². The van der Waals surface area contributed by atoms with Crippen molar-refractivity contribution in [1.29, 1.82) is 0 Å². The van der Waals surface area contributed by atoms with E-state index in [1.807, 2.05) is 13.0 Å². The Morgan fingerprint density at radius 1 is 1.07 bits per heavy atom. The number of amides is 1. The van der Waals surface area contributed by atoms with Gasteiger partial charge in [0.1, 0.15) is 12.1 Å². The molecule has 0 spiro atoms. The maximum Gasteiger partial charge on any atom is 0.254 e. The Morgan fingerprint density at radius 2 is 1.79 bits per heavy atom. The molecular formula is C18H18Cl3N7O. The molecule has 11 heteroatoms. The van der Waals surface area contributed by atoms with Crippen LogP contribution >= 0.6 is 34.8 Å². The molecule has 4 rings (SSSR count). The predicted molar refractivity (Wildman–Crippen MR) is 114 cm³/mol. The number of rotatable bonds is 4. The number of benzene rings is 1. The maximum atomic E-state index is 12.4. The minimum absolute atomic E-state index is 0.155. The molecule has 1 N–H and O–H groups in total. The van der Waals surface area contributed by atoms with Gasteiger partial charge in [0.15, 0.2) is 0 Å². The zero-order valence-electron chi connectivity index (χ0n) is 15.6. The Hall–Kier alpha value is -2.13. The molecule has 1 amide bonds. The Labute approximate surface area is 182 Å². The second-order valence-corrected chi connectivity index (χ2v) is 8.01. The van der Waals surface area contributed by atoms with Gasteiger partial charge in [-0.05, 0) is 19.1 Å². The Kier molecular flexibility index (Phi) is 5.78. The fraction of sp³-hybridized carbons (Fsp3) is 0.333.